The zero-order valence-corrected chi connectivity index (χ0v) is 12.2. The lowest BCUT2D eigenvalue weighted by molar-refractivity contribution is -0.0854. The van der Waals surface area contributed by atoms with E-state index in [9.17, 15) is 0 Å². The Morgan fingerprint density at radius 1 is 1.58 bits per heavy atom. The number of thioether (sulfide) groups is 1. The average molecular weight is 282 g/mol. The smallest absolute Gasteiger partial charge is 0.101 e. The fraction of sp³-hybridized carbons (Fsp3) is 0.714. The highest BCUT2D eigenvalue weighted by Gasteiger charge is 2.42. The maximum Gasteiger partial charge on any atom is 0.101 e. The molecular formula is C14H22N2O2S. The normalized spacial score (nSPS) is 32.8. The Hall–Kier alpha value is -0.490. The van der Waals surface area contributed by atoms with Crippen molar-refractivity contribution >= 4 is 11.8 Å². The van der Waals surface area contributed by atoms with Crippen LogP contribution in [0.1, 0.15) is 36.6 Å². The second-order valence-electron chi connectivity index (χ2n) is 5.72. The third-order valence-corrected chi connectivity index (χ3v) is 5.58. The number of furan rings is 1. The predicted molar refractivity (Wildman–Crippen MR) is 76.9 cm³/mol. The molecule has 3 N–H and O–H groups in total. The summed E-state index contributed by atoms with van der Waals surface area (Å²) in [6.45, 7) is 2.82. The minimum absolute atomic E-state index is 0.0987. The van der Waals surface area contributed by atoms with Crippen LogP contribution in [0.3, 0.4) is 0 Å². The van der Waals surface area contributed by atoms with Gasteiger partial charge in [0.2, 0.25) is 0 Å². The van der Waals surface area contributed by atoms with Gasteiger partial charge in [0, 0.05) is 17.9 Å². The highest BCUT2D eigenvalue weighted by molar-refractivity contribution is 7.99. The predicted octanol–water partition coefficient (Wildman–Crippen LogP) is 2.39. The summed E-state index contributed by atoms with van der Waals surface area (Å²) in [6, 6.07) is 2.25. The molecule has 106 valence electrons. The number of nitrogens with two attached hydrogens (primary N) is 1. The average Bonchev–Trinajstić information content (AvgIpc) is 3.01. The molecule has 1 spiro atoms. The molecule has 1 aromatic heterocycles. The Bertz CT molecular complexity index is 429. The van der Waals surface area contributed by atoms with E-state index in [4.69, 9.17) is 15.0 Å². The Morgan fingerprint density at radius 3 is 3.11 bits per heavy atom. The second-order valence-corrected chi connectivity index (χ2v) is 6.83. The Labute approximate surface area is 118 Å². The molecule has 3 heterocycles. The minimum Gasteiger partial charge on any atom is -0.469 e. The van der Waals surface area contributed by atoms with Gasteiger partial charge in [-0.05, 0) is 43.9 Å². The molecule has 19 heavy (non-hydrogen) atoms. The van der Waals surface area contributed by atoms with Gasteiger partial charge in [-0.15, -0.1) is 0 Å². The van der Waals surface area contributed by atoms with Crippen molar-refractivity contribution in [3.63, 3.8) is 0 Å². The standard InChI is InChI=1S/C14H22N2O2S/c1-10-6-12(8-17-10)13(16-15)11-2-4-18-14(7-11)3-5-19-9-14/h6,8,11,13,16H,2-5,7,9,15H2,1H3. The lowest BCUT2D eigenvalue weighted by atomic mass is 9.79. The molecule has 0 aromatic carbocycles. The molecule has 0 aliphatic carbocycles. The molecule has 0 radical (unpaired) electrons. The number of rotatable bonds is 3. The van der Waals surface area contributed by atoms with Crippen LogP contribution in [0, 0.1) is 12.8 Å². The van der Waals surface area contributed by atoms with E-state index in [0.717, 1.165) is 36.5 Å². The van der Waals surface area contributed by atoms with Gasteiger partial charge in [0.25, 0.3) is 0 Å². The number of hydrazine groups is 1. The monoisotopic (exact) mass is 282 g/mol. The van der Waals surface area contributed by atoms with Crippen LogP contribution in [0.5, 0.6) is 0 Å². The van der Waals surface area contributed by atoms with Crippen molar-refractivity contribution in [2.75, 3.05) is 18.1 Å². The van der Waals surface area contributed by atoms with Gasteiger partial charge >= 0.3 is 0 Å². The molecule has 2 fully saturated rings. The second kappa shape index (κ2) is 5.48. The van der Waals surface area contributed by atoms with E-state index in [1.54, 1.807) is 0 Å². The molecule has 2 saturated heterocycles. The molecule has 4 nitrogen and oxygen atoms in total. The van der Waals surface area contributed by atoms with Crippen LogP contribution in [-0.2, 0) is 4.74 Å². The Balaban J connectivity index is 1.76. The van der Waals surface area contributed by atoms with Gasteiger partial charge in [0.1, 0.15) is 5.76 Å². The van der Waals surface area contributed by atoms with Gasteiger partial charge in [-0.25, -0.2) is 0 Å². The summed E-state index contributed by atoms with van der Waals surface area (Å²) >= 11 is 2.01. The summed E-state index contributed by atoms with van der Waals surface area (Å²) in [5, 5.41) is 0. The Morgan fingerprint density at radius 2 is 2.47 bits per heavy atom. The topological polar surface area (TPSA) is 60.4 Å². The largest absolute Gasteiger partial charge is 0.469 e. The van der Waals surface area contributed by atoms with E-state index in [-0.39, 0.29) is 11.6 Å². The van der Waals surface area contributed by atoms with Gasteiger partial charge < -0.3 is 9.15 Å². The van der Waals surface area contributed by atoms with Crippen molar-refractivity contribution in [2.45, 2.75) is 37.8 Å². The van der Waals surface area contributed by atoms with Crippen molar-refractivity contribution in [1.82, 2.24) is 5.43 Å². The summed E-state index contributed by atoms with van der Waals surface area (Å²) in [5.74, 6) is 9.61. The maximum atomic E-state index is 6.08. The van der Waals surface area contributed by atoms with Gasteiger partial charge in [-0.2, -0.15) is 11.8 Å². The third kappa shape index (κ3) is 2.70. The van der Waals surface area contributed by atoms with Crippen molar-refractivity contribution in [3.05, 3.63) is 23.7 Å². The summed E-state index contributed by atoms with van der Waals surface area (Å²) in [5.41, 5.74) is 4.24. The van der Waals surface area contributed by atoms with Crippen molar-refractivity contribution in [2.24, 2.45) is 11.8 Å². The summed E-state index contributed by atoms with van der Waals surface area (Å²) in [6.07, 6.45) is 5.16. The van der Waals surface area contributed by atoms with Gasteiger partial charge in [0.15, 0.2) is 0 Å². The van der Waals surface area contributed by atoms with E-state index in [2.05, 4.69) is 11.5 Å². The van der Waals surface area contributed by atoms with E-state index in [0.29, 0.717) is 5.92 Å². The van der Waals surface area contributed by atoms with Crippen LogP contribution in [0.15, 0.2) is 16.7 Å². The number of nitrogens with one attached hydrogen (secondary N) is 1. The summed E-state index contributed by atoms with van der Waals surface area (Å²) in [4.78, 5) is 0. The highest BCUT2D eigenvalue weighted by atomic mass is 32.2. The molecular weight excluding hydrogens is 260 g/mol. The minimum atomic E-state index is 0.0987. The molecule has 0 amide bonds. The number of ether oxygens (including phenoxy) is 1. The van der Waals surface area contributed by atoms with Crippen molar-refractivity contribution in [1.29, 1.82) is 0 Å². The van der Waals surface area contributed by atoms with E-state index in [1.807, 2.05) is 24.9 Å². The Kier molecular flexibility index (Phi) is 3.89. The van der Waals surface area contributed by atoms with E-state index in [1.165, 1.54) is 12.2 Å². The van der Waals surface area contributed by atoms with Crippen LogP contribution in [0.2, 0.25) is 0 Å². The molecule has 0 bridgehead atoms. The summed E-state index contributed by atoms with van der Waals surface area (Å²) < 4.78 is 11.5. The number of hydrogen-bond donors (Lipinski definition) is 2. The van der Waals surface area contributed by atoms with Gasteiger partial charge in [-0.1, -0.05) is 0 Å². The fourth-order valence-electron chi connectivity index (χ4n) is 3.34. The van der Waals surface area contributed by atoms with Gasteiger partial charge in [0.05, 0.1) is 17.9 Å². The van der Waals surface area contributed by atoms with Crippen molar-refractivity contribution in [3.8, 4) is 0 Å². The van der Waals surface area contributed by atoms with E-state index >= 15 is 0 Å². The molecule has 1 aromatic rings. The molecule has 2 aliphatic heterocycles. The summed E-state index contributed by atoms with van der Waals surface area (Å²) in [7, 11) is 0. The van der Waals surface area contributed by atoms with Crippen LogP contribution in [0.25, 0.3) is 0 Å². The third-order valence-electron chi connectivity index (χ3n) is 4.36. The molecule has 0 saturated carbocycles. The molecule has 2 aliphatic rings. The number of hydrogen-bond acceptors (Lipinski definition) is 5. The number of aryl methyl sites for hydroxylation is 1. The quantitative estimate of drug-likeness (QED) is 0.658. The van der Waals surface area contributed by atoms with Crippen molar-refractivity contribution < 1.29 is 9.15 Å². The zero-order chi connectivity index (χ0) is 13.3. The fourth-order valence-corrected chi connectivity index (χ4v) is 4.72. The molecule has 3 atom stereocenters. The first kappa shape index (κ1) is 13.5. The first-order valence-corrected chi connectivity index (χ1v) is 8.11. The molecule has 3 unspecified atom stereocenters. The van der Waals surface area contributed by atoms with Crippen LogP contribution < -0.4 is 11.3 Å². The lowest BCUT2D eigenvalue weighted by Gasteiger charge is -2.40. The molecule has 3 rings (SSSR count). The first-order chi connectivity index (χ1) is 9.22. The molecule has 5 heteroatoms. The van der Waals surface area contributed by atoms with Crippen LogP contribution in [0.4, 0.5) is 0 Å². The first-order valence-electron chi connectivity index (χ1n) is 6.95. The SMILES string of the molecule is Cc1cc(C(NN)C2CCOC3(CCSC3)C2)co1. The highest BCUT2D eigenvalue weighted by Crippen LogP contribution is 2.43. The van der Waals surface area contributed by atoms with Gasteiger partial charge in [-0.3, -0.25) is 11.3 Å². The van der Waals surface area contributed by atoms with Crippen LogP contribution >= 0.6 is 11.8 Å². The lowest BCUT2D eigenvalue weighted by Crippen LogP contribution is -2.45. The zero-order valence-electron chi connectivity index (χ0n) is 11.4. The maximum absolute atomic E-state index is 6.08. The van der Waals surface area contributed by atoms with E-state index < -0.39 is 0 Å². The van der Waals surface area contributed by atoms with Crippen LogP contribution in [-0.4, -0.2) is 23.7 Å².